The van der Waals surface area contributed by atoms with Crippen LogP contribution in [0.4, 0.5) is 5.69 Å². The van der Waals surface area contributed by atoms with E-state index in [1.54, 1.807) is 18.3 Å². The Morgan fingerprint density at radius 3 is 2.56 bits per heavy atom. The van der Waals surface area contributed by atoms with Gasteiger partial charge in [0.25, 0.3) is 0 Å². The number of aromatic nitrogens is 2. The number of nitrogens with zero attached hydrogens (tertiary/aromatic N) is 2. The Balaban J connectivity index is 2.31. The van der Waals surface area contributed by atoms with E-state index in [1.807, 2.05) is 6.07 Å². The molecule has 2 rings (SSSR count). The van der Waals surface area contributed by atoms with Crippen LogP contribution in [0.15, 0.2) is 40.5 Å². The number of nitrogen functional groups attached to an aromatic ring is 1. The predicted octanol–water partition coefficient (Wildman–Crippen LogP) is 3.52. The number of rotatable bonds is 2. The molecule has 6 heteroatoms. The summed E-state index contributed by atoms with van der Waals surface area (Å²) in [6.07, 6.45) is 3.12. The number of anilines is 1. The first-order valence-corrected chi connectivity index (χ1v) is 5.93. The van der Waals surface area contributed by atoms with Crippen LogP contribution in [0.5, 0.6) is 0 Å². The molecular weight excluding hydrogens is 265 g/mol. The van der Waals surface area contributed by atoms with Gasteiger partial charge in [0, 0.05) is 28.0 Å². The van der Waals surface area contributed by atoms with E-state index >= 15 is 0 Å². The molecule has 0 aliphatic rings. The molecule has 0 atom stereocenters. The summed E-state index contributed by atoms with van der Waals surface area (Å²) in [6, 6.07) is 5.28. The molecule has 0 saturated carbocycles. The van der Waals surface area contributed by atoms with Gasteiger partial charge in [0.2, 0.25) is 0 Å². The lowest BCUT2D eigenvalue weighted by Gasteiger charge is -2.05. The van der Waals surface area contributed by atoms with E-state index in [4.69, 9.17) is 28.9 Å². The van der Waals surface area contributed by atoms with Gasteiger partial charge in [0.1, 0.15) is 5.03 Å². The van der Waals surface area contributed by atoms with E-state index in [0.717, 1.165) is 4.90 Å². The largest absolute Gasteiger partial charge is 0.398 e. The first kappa shape index (κ1) is 11.5. The lowest BCUT2D eigenvalue weighted by Crippen LogP contribution is -1.90. The number of benzene rings is 1. The second kappa shape index (κ2) is 4.91. The van der Waals surface area contributed by atoms with Crippen LogP contribution >= 0.6 is 35.0 Å². The van der Waals surface area contributed by atoms with E-state index in [0.29, 0.717) is 20.9 Å². The van der Waals surface area contributed by atoms with Gasteiger partial charge in [-0.1, -0.05) is 35.0 Å². The van der Waals surface area contributed by atoms with Gasteiger partial charge in [-0.25, -0.2) is 9.97 Å². The summed E-state index contributed by atoms with van der Waals surface area (Å²) < 4.78 is 0. The molecule has 0 amide bonds. The van der Waals surface area contributed by atoms with Crippen molar-refractivity contribution in [1.29, 1.82) is 0 Å². The van der Waals surface area contributed by atoms with Crippen molar-refractivity contribution in [3.8, 4) is 0 Å². The van der Waals surface area contributed by atoms with Crippen LogP contribution in [0.25, 0.3) is 0 Å². The molecule has 0 fully saturated rings. The van der Waals surface area contributed by atoms with Gasteiger partial charge in [-0.2, -0.15) is 0 Å². The molecule has 2 aromatic rings. The van der Waals surface area contributed by atoms with Crippen LogP contribution in [0.1, 0.15) is 0 Å². The van der Waals surface area contributed by atoms with Gasteiger partial charge in [-0.15, -0.1) is 0 Å². The lowest BCUT2D eigenvalue weighted by atomic mass is 10.3. The Kier molecular flexibility index (Phi) is 3.53. The third kappa shape index (κ3) is 2.58. The average Bonchev–Trinajstić information content (AvgIpc) is 2.25. The van der Waals surface area contributed by atoms with Gasteiger partial charge < -0.3 is 5.73 Å². The van der Waals surface area contributed by atoms with Crippen LogP contribution in [0.3, 0.4) is 0 Å². The molecule has 16 heavy (non-hydrogen) atoms. The number of halogens is 2. The first-order chi connectivity index (χ1) is 7.66. The Hall–Kier alpha value is -0.970. The molecule has 0 spiro atoms. The molecule has 0 unspecified atom stereocenters. The molecule has 0 aliphatic heterocycles. The fourth-order valence-electron chi connectivity index (χ4n) is 1.09. The van der Waals surface area contributed by atoms with Crippen LogP contribution in [0.2, 0.25) is 10.2 Å². The number of hydrogen-bond donors (Lipinski definition) is 1. The van der Waals surface area contributed by atoms with Crippen molar-refractivity contribution in [3.05, 3.63) is 40.8 Å². The van der Waals surface area contributed by atoms with Crippen molar-refractivity contribution in [1.82, 2.24) is 9.97 Å². The van der Waals surface area contributed by atoms with Crippen LogP contribution in [-0.2, 0) is 0 Å². The quantitative estimate of drug-likeness (QED) is 0.850. The number of hydrogen-bond acceptors (Lipinski definition) is 4. The van der Waals surface area contributed by atoms with Gasteiger partial charge in [-0.3, -0.25) is 0 Å². The summed E-state index contributed by atoms with van der Waals surface area (Å²) in [4.78, 5) is 8.91. The van der Waals surface area contributed by atoms with Gasteiger partial charge >= 0.3 is 0 Å². The van der Waals surface area contributed by atoms with E-state index in [1.165, 1.54) is 18.0 Å². The Bertz CT molecular complexity index is 519. The Morgan fingerprint density at radius 2 is 1.88 bits per heavy atom. The molecule has 0 aliphatic carbocycles. The highest BCUT2D eigenvalue weighted by atomic mass is 35.5. The maximum absolute atomic E-state index is 5.90. The fourth-order valence-corrected chi connectivity index (χ4v) is 2.27. The van der Waals surface area contributed by atoms with Crippen molar-refractivity contribution in [2.24, 2.45) is 0 Å². The molecule has 3 nitrogen and oxygen atoms in total. The second-order valence-corrected chi connectivity index (χ2v) is 4.76. The zero-order valence-electron chi connectivity index (χ0n) is 8.02. The van der Waals surface area contributed by atoms with Crippen LogP contribution in [0, 0.1) is 0 Å². The topological polar surface area (TPSA) is 51.8 Å². The third-order valence-corrected chi connectivity index (χ3v) is 3.51. The third-order valence-electron chi connectivity index (χ3n) is 1.80. The average molecular weight is 272 g/mol. The van der Waals surface area contributed by atoms with E-state index in [-0.39, 0.29) is 0 Å². The summed E-state index contributed by atoms with van der Waals surface area (Å²) in [5.74, 6) is 0. The summed E-state index contributed by atoms with van der Waals surface area (Å²) in [6.45, 7) is 0. The van der Waals surface area contributed by atoms with Crippen molar-refractivity contribution < 1.29 is 0 Å². The van der Waals surface area contributed by atoms with Gasteiger partial charge in [-0.05, 0) is 18.2 Å². The van der Waals surface area contributed by atoms with Crippen molar-refractivity contribution in [3.63, 3.8) is 0 Å². The first-order valence-electron chi connectivity index (χ1n) is 4.36. The number of nitrogens with two attached hydrogens (primary N) is 1. The summed E-state index contributed by atoms with van der Waals surface area (Å²) in [7, 11) is 0. The molecule has 1 aromatic carbocycles. The molecule has 2 N–H and O–H groups in total. The molecule has 82 valence electrons. The lowest BCUT2D eigenvalue weighted by molar-refractivity contribution is 1.06. The Morgan fingerprint density at radius 1 is 1.12 bits per heavy atom. The zero-order valence-corrected chi connectivity index (χ0v) is 10.4. The minimum Gasteiger partial charge on any atom is -0.398 e. The maximum atomic E-state index is 5.90. The molecule has 0 saturated heterocycles. The minimum absolute atomic E-state index is 0.363. The van der Waals surface area contributed by atoms with E-state index in [2.05, 4.69) is 9.97 Å². The molecule has 1 heterocycles. The van der Waals surface area contributed by atoms with Gasteiger partial charge in [0.05, 0.1) is 0 Å². The monoisotopic (exact) mass is 271 g/mol. The highest BCUT2D eigenvalue weighted by Gasteiger charge is 2.07. The van der Waals surface area contributed by atoms with E-state index < -0.39 is 0 Å². The Labute approximate surface area is 107 Å². The van der Waals surface area contributed by atoms with Crippen molar-refractivity contribution >= 4 is 40.7 Å². The van der Waals surface area contributed by atoms with Crippen LogP contribution < -0.4 is 5.73 Å². The predicted molar refractivity (Wildman–Crippen MR) is 67.0 cm³/mol. The van der Waals surface area contributed by atoms with E-state index in [9.17, 15) is 0 Å². The maximum Gasteiger partial charge on any atom is 0.161 e. The minimum atomic E-state index is 0.363. The summed E-state index contributed by atoms with van der Waals surface area (Å²) in [5, 5.41) is 1.59. The summed E-state index contributed by atoms with van der Waals surface area (Å²) >= 11 is 13.1. The second-order valence-electron chi connectivity index (χ2n) is 2.94. The smallest absolute Gasteiger partial charge is 0.161 e. The molecular formula is C10H7Cl2N3S. The van der Waals surface area contributed by atoms with Crippen molar-refractivity contribution in [2.75, 3.05) is 5.73 Å². The standard InChI is InChI=1S/C10H7Cl2N3S/c11-6-1-2-8(7(13)5-6)16-10-9(12)14-3-4-15-10/h1-5H,13H2. The fraction of sp³-hybridized carbons (Fsp3) is 0. The van der Waals surface area contributed by atoms with Crippen molar-refractivity contribution in [2.45, 2.75) is 9.92 Å². The van der Waals surface area contributed by atoms with Gasteiger partial charge in [0.15, 0.2) is 5.15 Å². The highest BCUT2D eigenvalue weighted by Crippen LogP contribution is 2.34. The molecule has 0 radical (unpaired) electrons. The van der Waals surface area contributed by atoms with Crippen LogP contribution in [-0.4, -0.2) is 9.97 Å². The molecule has 1 aromatic heterocycles. The SMILES string of the molecule is Nc1cc(Cl)ccc1Sc1nccnc1Cl. The normalized spacial score (nSPS) is 10.4. The highest BCUT2D eigenvalue weighted by molar-refractivity contribution is 7.99. The molecule has 0 bridgehead atoms. The summed E-state index contributed by atoms with van der Waals surface area (Å²) in [5.41, 5.74) is 6.42. The zero-order chi connectivity index (χ0) is 11.5.